The molecule has 2 nitrogen and oxygen atoms in total. The van der Waals surface area contributed by atoms with Gasteiger partial charge >= 0.3 is 0 Å². The third kappa shape index (κ3) is 4.24. The van der Waals surface area contributed by atoms with Crippen molar-refractivity contribution in [2.45, 2.75) is 59.4 Å². The van der Waals surface area contributed by atoms with Gasteiger partial charge in [0.2, 0.25) is 0 Å². The molecule has 1 unspecified atom stereocenters. The van der Waals surface area contributed by atoms with Gasteiger partial charge in [0.05, 0.1) is 6.07 Å². The molecule has 1 N–H and O–H groups in total. The molecule has 0 saturated heterocycles. The third-order valence-corrected chi connectivity index (χ3v) is 4.98. The van der Waals surface area contributed by atoms with E-state index < -0.39 is 0 Å². The number of benzene rings is 1. The minimum atomic E-state index is -0.0615. The second-order valence-electron chi connectivity index (χ2n) is 7.59. The summed E-state index contributed by atoms with van der Waals surface area (Å²) in [5, 5.41) is 12.9. The van der Waals surface area contributed by atoms with Crippen LogP contribution in [0.25, 0.3) is 0 Å². The molecule has 1 fully saturated rings. The van der Waals surface area contributed by atoms with E-state index in [1.54, 1.807) is 0 Å². The van der Waals surface area contributed by atoms with Crippen LogP contribution in [-0.4, -0.2) is 6.04 Å². The van der Waals surface area contributed by atoms with Crippen LogP contribution in [-0.2, 0) is 0 Å². The molecule has 0 amide bonds. The van der Waals surface area contributed by atoms with Crippen molar-refractivity contribution in [1.29, 1.82) is 5.26 Å². The molecule has 1 aliphatic rings. The molecular formula is C19H28N2. The summed E-state index contributed by atoms with van der Waals surface area (Å²) in [6, 6.07) is 10.7. The normalized spacial score (nSPS) is 24.1. The predicted octanol–water partition coefficient (Wildman–Crippen LogP) is 5.15. The Bertz CT molecular complexity index is 482. The van der Waals surface area contributed by atoms with Crippen molar-refractivity contribution in [2.24, 2.45) is 17.3 Å². The summed E-state index contributed by atoms with van der Waals surface area (Å²) >= 11 is 0. The maximum absolute atomic E-state index is 9.51. The average Bonchev–Trinajstić information content (AvgIpc) is 2.46. The molecule has 21 heavy (non-hydrogen) atoms. The van der Waals surface area contributed by atoms with E-state index in [9.17, 15) is 5.26 Å². The standard InChI is InChI=1S/C19H28N2/c1-14-5-11-17(12-6-14)21-18(13-20)15-7-9-16(10-8-15)19(2,3)4/h5-6,11-12,15-16,18,21H,7-10H2,1-4H3. The fourth-order valence-corrected chi connectivity index (χ4v) is 3.40. The number of anilines is 1. The maximum Gasteiger partial charge on any atom is 0.117 e. The van der Waals surface area contributed by atoms with E-state index in [0.29, 0.717) is 11.3 Å². The first-order valence-electron chi connectivity index (χ1n) is 8.13. The highest BCUT2D eigenvalue weighted by Crippen LogP contribution is 2.41. The largest absolute Gasteiger partial charge is 0.370 e. The van der Waals surface area contributed by atoms with Crippen LogP contribution in [0.5, 0.6) is 0 Å². The summed E-state index contributed by atoms with van der Waals surface area (Å²) in [5.41, 5.74) is 2.71. The topological polar surface area (TPSA) is 35.8 Å². The van der Waals surface area contributed by atoms with Crippen LogP contribution >= 0.6 is 0 Å². The number of nitrogens with zero attached hydrogens (tertiary/aromatic N) is 1. The third-order valence-electron chi connectivity index (χ3n) is 4.98. The van der Waals surface area contributed by atoms with Crippen LogP contribution in [0.3, 0.4) is 0 Å². The number of aryl methyl sites for hydroxylation is 1. The maximum atomic E-state index is 9.51. The number of rotatable bonds is 3. The molecule has 2 rings (SSSR count). The van der Waals surface area contributed by atoms with Gasteiger partial charge in [-0.25, -0.2) is 0 Å². The summed E-state index contributed by atoms with van der Waals surface area (Å²) in [7, 11) is 0. The SMILES string of the molecule is Cc1ccc(NC(C#N)C2CCC(C(C)(C)C)CC2)cc1. The van der Waals surface area contributed by atoms with E-state index in [4.69, 9.17) is 0 Å². The molecule has 0 radical (unpaired) electrons. The second-order valence-corrected chi connectivity index (χ2v) is 7.59. The van der Waals surface area contributed by atoms with E-state index in [1.165, 1.54) is 31.2 Å². The van der Waals surface area contributed by atoms with Gasteiger partial charge < -0.3 is 5.32 Å². The molecule has 1 aromatic rings. The van der Waals surface area contributed by atoms with E-state index in [2.05, 4.69) is 63.3 Å². The van der Waals surface area contributed by atoms with E-state index >= 15 is 0 Å². The fourth-order valence-electron chi connectivity index (χ4n) is 3.40. The highest BCUT2D eigenvalue weighted by atomic mass is 14.9. The zero-order valence-electron chi connectivity index (χ0n) is 13.8. The molecule has 0 bridgehead atoms. The molecule has 1 aliphatic carbocycles. The Balaban J connectivity index is 1.94. The average molecular weight is 284 g/mol. The van der Waals surface area contributed by atoms with Crippen molar-refractivity contribution < 1.29 is 0 Å². The van der Waals surface area contributed by atoms with Crippen LogP contribution in [0.15, 0.2) is 24.3 Å². The number of nitrogens with one attached hydrogen (secondary N) is 1. The van der Waals surface area contributed by atoms with Crippen molar-refractivity contribution in [1.82, 2.24) is 0 Å². The first-order chi connectivity index (χ1) is 9.90. The Labute approximate surface area is 129 Å². The smallest absolute Gasteiger partial charge is 0.117 e. The molecule has 0 spiro atoms. The Morgan fingerprint density at radius 2 is 1.67 bits per heavy atom. The lowest BCUT2D eigenvalue weighted by atomic mass is 9.68. The quantitative estimate of drug-likeness (QED) is 0.833. The van der Waals surface area contributed by atoms with Crippen molar-refractivity contribution in [3.63, 3.8) is 0 Å². The highest BCUT2D eigenvalue weighted by molar-refractivity contribution is 5.46. The molecule has 1 saturated carbocycles. The molecule has 0 aliphatic heterocycles. The van der Waals surface area contributed by atoms with E-state index in [0.717, 1.165) is 11.6 Å². The molecule has 1 aromatic carbocycles. The lowest BCUT2D eigenvalue weighted by molar-refractivity contribution is 0.148. The van der Waals surface area contributed by atoms with Crippen LogP contribution < -0.4 is 5.32 Å². The second kappa shape index (κ2) is 6.52. The molecule has 0 aromatic heterocycles. The van der Waals surface area contributed by atoms with Gasteiger partial charge in [-0.2, -0.15) is 5.26 Å². The Kier molecular flexibility index (Phi) is 4.93. The van der Waals surface area contributed by atoms with Gasteiger partial charge in [-0.1, -0.05) is 38.5 Å². The molecule has 2 heteroatoms. The first-order valence-corrected chi connectivity index (χ1v) is 8.13. The van der Waals surface area contributed by atoms with Crippen LogP contribution in [0.1, 0.15) is 52.0 Å². The summed E-state index contributed by atoms with van der Waals surface area (Å²) in [6.45, 7) is 9.10. The van der Waals surface area contributed by atoms with Gasteiger partial charge in [-0.05, 0) is 62.0 Å². The monoisotopic (exact) mass is 284 g/mol. The van der Waals surface area contributed by atoms with Crippen LogP contribution in [0.2, 0.25) is 0 Å². The summed E-state index contributed by atoms with van der Waals surface area (Å²) in [5.74, 6) is 1.28. The number of hydrogen-bond donors (Lipinski definition) is 1. The first kappa shape index (κ1) is 15.9. The minimum Gasteiger partial charge on any atom is -0.370 e. The fraction of sp³-hybridized carbons (Fsp3) is 0.632. The van der Waals surface area contributed by atoms with E-state index in [1.807, 2.05) is 0 Å². The van der Waals surface area contributed by atoms with Gasteiger partial charge in [0.15, 0.2) is 0 Å². The van der Waals surface area contributed by atoms with E-state index in [-0.39, 0.29) is 6.04 Å². The van der Waals surface area contributed by atoms with Gasteiger partial charge in [0, 0.05) is 5.69 Å². The lowest BCUT2D eigenvalue weighted by Crippen LogP contribution is -2.34. The summed E-state index contributed by atoms with van der Waals surface area (Å²) < 4.78 is 0. The number of hydrogen-bond acceptors (Lipinski definition) is 2. The van der Waals surface area contributed by atoms with Gasteiger partial charge in [0.25, 0.3) is 0 Å². The predicted molar refractivity (Wildman–Crippen MR) is 89.1 cm³/mol. The van der Waals surface area contributed by atoms with Crippen molar-refractivity contribution in [3.05, 3.63) is 29.8 Å². The Morgan fingerprint density at radius 1 is 1.10 bits per heavy atom. The Morgan fingerprint density at radius 3 is 2.14 bits per heavy atom. The molecule has 114 valence electrons. The van der Waals surface area contributed by atoms with Crippen LogP contribution in [0, 0.1) is 35.5 Å². The van der Waals surface area contributed by atoms with Crippen molar-refractivity contribution in [2.75, 3.05) is 5.32 Å². The summed E-state index contributed by atoms with van der Waals surface area (Å²) in [6.07, 6.45) is 4.84. The molecular weight excluding hydrogens is 256 g/mol. The zero-order valence-corrected chi connectivity index (χ0v) is 13.8. The van der Waals surface area contributed by atoms with Crippen LogP contribution in [0.4, 0.5) is 5.69 Å². The summed E-state index contributed by atoms with van der Waals surface area (Å²) in [4.78, 5) is 0. The lowest BCUT2D eigenvalue weighted by Gasteiger charge is -2.38. The Hall–Kier alpha value is -1.49. The van der Waals surface area contributed by atoms with Gasteiger partial charge in [0.1, 0.15) is 6.04 Å². The van der Waals surface area contributed by atoms with Crippen molar-refractivity contribution >= 4 is 5.69 Å². The zero-order chi connectivity index (χ0) is 15.5. The van der Waals surface area contributed by atoms with Gasteiger partial charge in [-0.15, -0.1) is 0 Å². The van der Waals surface area contributed by atoms with Crippen molar-refractivity contribution in [3.8, 4) is 6.07 Å². The molecule has 1 atom stereocenters. The molecule has 0 heterocycles. The van der Waals surface area contributed by atoms with Gasteiger partial charge in [-0.3, -0.25) is 0 Å². The minimum absolute atomic E-state index is 0.0615. The highest BCUT2D eigenvalue weighted by Gasteiger charge is 2.32. The number of nitriles is 1.